The van der Waals surface area contributed by atoms with Gasteiger partial charge in [-0.05, 0) is 36.7 Å². The van der Waals surface area contributed by atoms with Crippen molar-refractivity contribution in [1.29, 1.82) is 0 Å². The average molecular weight is 215 g/mol. The smallest absolute Gasteiger partial charge is 0.125 e. The Morgan fingerprint density at radius 1 is 1.19 bits per heavy atom. The van der Waals surface area contributed by atoms with E-state index in [9.17, 15) is 0 Å². The predicted octanol–water partition coefficient (Wildman–Crippen LogP) is 3.15. The van der Waals surface area contributed by atoms with Crippen LogP contribution in [0.25, 0.3) is 0 Å². The van der Waals surface area contributed by atoms with Crippen LogP contribution in [0.4, 0.5) is 0 Å². The molecule has 2 nitrogen and oxygen atoms in total. The molecule has 1 N–H and O–H groups in total. The predicted molar refractivity (Wildman–Crippen MR) is 65.4 cm³/mol. The summed E-state index contributed by atoms with van der Waals surface area (Å²) in [5.74, 6) is 0.951. The second kappa shape index (κ2) is 4.99. The highest BCUT2D eigenvalue weighted by Crippen LogP contribution is 2.22. The average Bonchev–Trinajstić information content (AvgIpc) is 2.85. The molecule has 2 heteroatoms. The topological polar surface area (TPSA) is 25.2 Å². The minimum atomic E-state index is 0.140. The van der Waals surface area contributed by atoms with Gasteiger partial charge in [0, 0.05) is 0 Å². The summed E-state index contributed by atoms with van der Waals surface area (Å²) >= 11 is 0. The number of aryl methyl sites for hydroxylation is 1. The molecule has 1 unspecified atom stereocenters. The van der Waals surface area contributed by atoms with E-state index < -0.39 is 0 Å². The molecule has 1 heterocycles. The highest BCUT2D eigenvalue weighted by Gasteiger charge is 2.13. The Labute approximate surface area is 96.3 Å². The van der Waals surface area contributed by atoms with E-state index in [1.165, 1.54) is 11.1 Å². The van der Waals surface area contributed by atoms with Crippen LogP contribution in [0.2, 0.25) is 0 Å². The lowest BCUT2D eigenvalue weighted by Gasteiger charge is -2.14. The number of benzene rings is 1. The molecule has 0 fully saturated rings. The molecule has 2 rings (SSSR count). The quantitative estimate of drug-likeness (QED) is 0.847. The van der Waals surface area contributed by atoms with E-state index in [-0.39, 0.29) is 6.04 Å². The Bertz CT molecular complexity index is 417. The van der Waals surface area contributed by atoms with Crippen molar-refractivity contribution >= 4 is 0 Å². The van der Waals surface area contributed by atoms with Crippen LogP contribution in [0.15, 0.2) is 47.1 Å². The van der Waals surface area contributed by atoms with Crippen LogP contribution in [0.5, 0.6) is 0 Å². The molecule has 0 radical (unpaired) electrons. The molecule has 0 spiro atoms. The molecule has 0 saturated carbocycles. The zero-order valence-electron chi connectivity index (χ0n) is 9.73. The molecule has 2 aromatic rings. The first-order chi connectivity index (χ1) is 7.85. The van der Waals surface area contributed by atoms with E-state index in [1.54, 1.807) is 6.26 Å². The van der Waals surface area contributed by atoms with Crippen LogP contribution in [0, 0.1) is 0 Å². The first-order valence-electron chi connectivity index (χ1n) is 5.64. The van der Waals surface area contributed by atoms with Crippen LogP contribution in [-0.4, -0.2) is 7.05 Å². The van der Waals surface area contributed by atoms with Gasteiger partial charge in [0.2, 0.25) is 0 Å². The standard InChI is InChI=1S/C14H17NO/c1-3-11-6-8-12(9-7-11)14(15-2)13-5-4-10-16-13/h4-10,14-15H,3H2,1-2H3. The fraction of sp³-hybridized carbons (Fsp3) is 0.286. The highest BCUT2D eigenvalue weighted by atomic mass is 16.3. The zero-order valence-corrected chi connectivity index (χ0v) is 9.73. The third-order valence-corrected chi connectivity index (χ3v) is 2.84. The number of hydrogen-bond donors (Lipinski definition) is 1. The third kappa shape index (κ3) is 2.17. The van der Waals surface area contributed by atoms with Crippen LogP contribution in [0.3, 0.4) is 0 Å². The first-order valence-corrected chi connectivity index (χ1v) is 5.64. The summed E-state index contributed by atoms with van der Waals surface area (Å²) in [5.41, 5.74) is 2.59. The lowest BCUT2D eigenvalue weighted by molar-refractivity contribution is 0.463. The van der Waals surface area contributed by atoms with Gasteiger partial charge in [0.15, 0.2) is 0 Å². The summed E-state index contributed by atoms with van der Waals surface area (Å²) in [6.45, 7) is 2.16. The number of rotatable bonds is 4. The van der Waals surface area contributed by atoms with Gasteiger partial charge in [-0.25, -0.2) is 0 Å². The molecule has 1 aromatic carbocycles. The number of nitrogens with one attached hydrogen (secondary N) is 1. The van der Waals surface area contributed by atoms with Gasteiger partial charge in [0.1, 0.15) is 5.76 Å². The van der Waals surface area contributed by atoms with Gasteiger partial charge >= 0.3 is 0 Å². The Balaban J connectivity index is 2.27. The van der Waals surface area contributed by atoms with E-state index in [1.807, 2.05) is 19.2 Å². The van der Waals surface area contributed by atoms with Gasteiger partial charge < -0.3 is 9.73 Å². The number of hydrogen-bond acceptors (Lipinski definition) is 2. The first kappa shape index (κ1) is 11.0. The second-order valence-corrected chi connectivity index (χ2v) is 3.83. The summed E-state index contributed by atoms with van der Waals surface area (Å²) < 4.78 is 5.44. The number of furan rings is 1. The second-order valence-electron chi connectivity index (χ2n) is 3.83. The Kier molecular flexibility index (Phi) is 3.42. The summed E-state index contributed by atoms with van der Waals surface area (Å²) in [6, 6.07) is 12.7. The third-order valence-electron chi connectivity index (χ3n) is 2.84. The minimum absolute atomic E-state index is 0.140. The molecular weight excluding hydrogens is 198 g/mol. The maximum absolute atomic E-state index is 5.44. The Morgan fingerprint density at radius 2 is 1.94 bits per heavy atom. The van der Waals surface area contributed by atoms with Gasteiger partial charge in [-0.3, -0.25) is 0 Å². The van der Waals surface area contributed by atoms with Crippen molar-refractivity contribution in [2.45, 2.75) is 19.4 Å². The largest absolute Gasteiger partial charge is 0.467 e. The summed E-state index contributed by atoms with van der Waals surface area (Å²) in [6.07, 6.45) is 2.78. The van der Waals surface area contributed by atoms with Crippen molar-refractivity contribution in [2.75, 3.05) is 7.05 Å². The van der Waals surface area contributed by atoms with Gasteiger partial charge in [-0.1, -0.05) is 31.2 Å². The van der Waals surface area contributed by atoms with Crippen molar-refractivity contribution in [3.05, 3.63) is 59.5 Å². The summed E-state index contributed by atoms with van der Waals surface area (Å²) in [5, 5.41) is 3.26. The van der Waals surface area contributed by atoms with Gasteiger partial charge in [-0.15, -0.1) is 0 Å². The van der Waals surface area contributed by atoms with Crippen molar-refractivity contribution in [1.82, 2.24) is 5.32 Å². The monoisotopic (exact) mass is 215 g/mol. The van der Waals surface area contributed by atoms with E-state index in [0.717, 1.165) is 12.2 Å². The van der Waals surface area contributed by atoms with Gasteiger partial charge in [-0.2, -0.15) is 0 Å². The molecular formula is C14H17NO. The lowest BCUT2D eigenvalue weighted by Crippen LogP contribution is -2.16. The maximum atomic E-state index is 5.44. The summed E-state index contributed by atoms with van der Waals surface area (Å²) in [7, 11) is 1.95. The molecule has 0 amide bonds. The van der Waals surface area contributed by atoms with Crippen molar-refractivity contribution in [3.63, 3.8) is 0 Å². The SMILES string of the molecule is CCc1ccc(C(NC)c2ccco2)cc1. The minimum Gasteiger partial charge on any atom is -0.467 e. The molecule has 0 aliphatic heterocycles. The lowest BCUT2D eigenvalue weighted by atomic mass is 10.0. The van der Waals surface area contributed by atoms with Crippen LogP contribution >= 0.6 is 0 Å². The molecule has 1 atom stereocenters. The van der Waals surface area contributed by atoms with E-state index in [0.29, 0.717) is 0 Å². The van der Waals surface area contributed by atoms with Crippen LogP contribution in [-0.2, 0) is 6.42 Å². The van der Waals surface area contributed by atoms with Crippen LogP contribution < -0.4 is 5.32 Å². The molecule has 84 valence electrons. The Hall–Kier alpha value is -1.54. The molecule has 16 heavy (non-hydrogen) atoms. The molecule has 0 aliphatic rings. The van der Waals surface area contributed by atoms with Crippen molar-refractivity contribution in [3.8, 4) is 0 Å². The zero-order chi connectivity index (χ0) is 11.4. The van der Waals surface area contributed by atoms with Crippen LogP contribution in [0.1, 0.15) is 29.9 Å². The molecule has 1 aromatic heterocycles. The van der Waals surface area contributed by atoms with Crippen molar-refractivity contribution in [2.24, 2.45) is 0 Å². The fourth-order valence-corrected chi connectivity index (χ4v) is 1.87. The van der Waals surface area contributed by atoms with Gasteiger partial charge in [0.25, 0.3) is 0 Å². The molecule has 0 bridgehead atoms. The van der Waals surface area contributed by atoms with E-state index in [4.69, 9.17) is 4.42 Å². The summed E-state index contributed by atoms with van der Waals surface area (Å²) in [4.78, 5) is 0. The maximum Gasteiger partial charge on any atom is 0.125 e. The normalized spacial score (nSPS) is 12.6. The molecule has 0 saturated heterocycles. The van der Waals surface area contributed by atoms with E-state index >= 15 is 0 Å². The van der Waals surface area contributed by atoms with E-state index in [2.05, 4.69) is 36.5 Å². The highest BCUT2D eigenvalue weighted by molar-refractivity contribution is 5.29. The Morgan fingerprint density at radius 3 is 2.44 bits per heavy atom. The van der Waals surface area contributed by atoms with Gasteiger partial charge in [0.05, 0.1) is 12.3 Å². The fourth-order valence-electron chi connectivity index (χ4n) is 1.87. The molecule has 0 aliphatic carbocycles. The van der Waals surface area contributed by atoms with Crippen molar-refractivity contribution < 1.29 is 4.42 Å².